The number of aliphatic hydroxyl groups is 1. The van der Waals surface area contributed by atoms with E-state index in [9.17, 15) is 9.90 Å². The molecule has 2 rings (SSSR count). The first-order valence-electron chi connectivity index (χ1n) is 6.19. The summed E-state index contributed by atoms with van der Waals surface area (Å²) in [5.41, 5.74) is 1.49. The van der Waals surface area contributed by atoms with Gasteiger partial charge < -0.3 is 15.5 Å². The molecule has 0 radical (unpaired) electrons. The zero-order chi connectivity index (χ0) is 15.4. The minimum atomic E-state index is -0.992. The number of carbonyl (C=O) groups is 1. The van der Waals surface area contributed by atoms with Crippen molar-refractivity contribution in [3.63, 3.8) is 0 Å². The SMILES string of the molecule is O=C(O)CC1=C(Nc2c(Cl)cccc2Cl)C=CCC(O)=C1. The topological polar surface area (TPSA) is 69.6 Å². The van der Waals surface area contributed by atoms with Gasteiger partial charge >= 0.3 is 5.97 Å². The summed E-state index contributed by atoms with van der Waals surface area (Å²) < 4.78 is 0. The summed E-state index contributed by atoms with van der Waals surface area (Å²) in [4.78, 5) is 11.0. The van der Waals surface area contributed by atoms with Gasteiger partial charge in [0.25, 0.3) is 0 Å². The normalized spacial score (nSPS) is 14.7. The van der Waals surface area contributed by atoms with E-state index in [1.165, 1.54) is 6.08 Å². The molecule has 4 nitrogen and oxygen atoms in total. The molecule has 0 unspecified atom stereocenters. The largest absolute Gasteiger partial charge is 0.512 e. The molecule has 0 aromatic heterocycles. The van der Waals surface area contributed by atoms with Gasteiger partial charge in [-0.15, -0.1) is 0 Å². The summed E-state index contributed by atoms with van der Waals surface area (Å²) in [6, 6.07) is 5.08. The monoisotopic (exact) mass is 325 g/mol. The van der Waals surface area contributed by atoms with E-state index in [1.54, 1.807) is 30.4 Å². The third-order valence-electron chi connectivity index (χ3n) is 2.86. The number of carboxylic acid groups (broad SMARTS) is 1. The molecule has 0 bridgehead atoms. The van der Waals surface area contributed by atoms with Crippen molar-refractivity contribution in [1.82, 2.24) is 0 Å². The highest BCUT2D eigenvalue weighted by atomic mass is 35.5. The number of para-hydroxylation sites is 1. The van der Waals surface area contributed by atoms with Crippen LogP contribution in [0.3, 0.4) is 0 Å². The molecule has 3 N–H and O–H groups in total. The van der Waals surface area contributed by atoms with E-state index >= 15 is 0 Å². The average Bonchev–Trinajstić information content (AvgIpc) is 2.55. The molecular weight excluding hydrogens is 313 g/mol. The number of anilines is 1. The van der Waals surface area contributed by atoms with Crippen LogP contribution in [0.4, 0.5) is 5.69 Å². The first-order chi connectivity index (χ1) is 9.97. The van der Waals surface area contributed by atoms with E-state index in [0.717, 1.165) is 0 Å². The van der Waals surface area contributed by atoms with Crippen molar-refractivity contribution in [2.75, 3.05) is 5.32 Å². The van der Waals surface area contributed by atoms with Crippen molar-refractivity contribution in [3.05, 3.63) is 63.5 Å². The lowest BCUT2D eigenvalue weighted by molar-refractivity contribution is -0.136. The smallest absolute Gasteiger partial charge is 0.307 e. The molecule has 0 amide bonds. The second kappa shape index (κ2) is 6.70. The van der Waals surface area contributed by atoms with Crippen LogP contribution in [0.25, 0.3) is 0 Å². The van der Waals surface area contributed by atoms with Crippen LogP contribution in [0.2, 0.25) is 10.0 Å². The number of hydrogen-bond donors (Lipinski definition) is 3. The zero-order valence-corrected chi connectivity index (χ0v) is 12.4. The van der Waals surface area contributed by atoms with E-state index in [0.29, 0.717) is 33.4 Å². The van der Waals surface area contributed by atoms with Crippen LogP contribution < -0.4 is 5.32 Å². The Balaban J connectivity index is 2.44. The fraction of sp³-hybridized carbons (Fsp3) is 0.133. The fourth-order valence-electron chi connectivity index (χ4n) is 1.93. The number of benzene rings is 1. The maximum Gasteiger partial charge on any atom is 0.307 e. The molecule has 1 aliphatic carbocycles. The first kappa shape index (κ1) is 15.5. The lowest BCUT2D eigenvalue weighted by Gasteiger charge is -2.13. The standard InChI is InChI=1S/C15H13Cl2NO3/c16-11-4-2-5-12(17)15(11)18-13-6-1-3-10(19)7-9(13)8-14(20)21/h1-2,4-7,18-19H,3,8H2,(H,20,21). The average molecular weight is 326 g/mol. The van der Waals surface area contributed by atoms with E-state index in [2.05, 4.69) is 5.32 Å². The number of rotatable bonds is 4. The Hall–Kier alpha value is -1.91. The van der Waals surface area contributed by atoms with Gasteiger partial charge in [-0.05, 0) is 29.9 Å². The highest BCUT2D eigenvalue weighted by Crippen LogP contribution is 2.32. The Labute approximate surface area is 132 Å². The van der Waals surface area contributed by atoms with Crippen LogP contribution in [0.5, 0.6) is 0 Å². The molecule has 110 valence electrons. The Morgan fingerprint density at radius 3 is 2.57 bits per heavy atom. The maximum absolute atomic E-state index is 11.0. The number of nitrogens with one attached hydrogen (secondary N) is 1. The molecule has 0 aliphatic heterocycles. The lowest BCUT2D eigenvalue weighted by Crippen LogP contribution is -2.05. The molecular formula is C15H13Cl2NO3. The second-order valence-corrected chi connectivity index (χ2v) is 5.29. The van der Waals surface area contributed by atoms with Gasteiger partial charge in [-0.1, -0.05) is 35.3 Å². The van der Waals surface area contributed by atoms with Crippen LogP contribution in [0.15, 0.2) is 53.5 Å². The van der Waals surface area contributed by atoms with Crippen LogP contribution >= 0.6 is 23.2 Å². The van der Waals surface area contributed by atoms with Crippen molar-refractivity contribution in [2.45, 2.75) is 12.8 Å². The minimum Gasteiger partial charge on any atom is -0.512 e. The van der Waals surface area contributed by atoms with Crippen molar-refractivity contribution in [2.24, 2.45) is 0 Å². The number of hydrogen-bond acceptors (Lipinski definition) is 3. The molecule has 1 aromatic carbocycles. The quantitative estimate of drug-likeness (QED) is 0.760. The first-order valence-corrected chi connectivity index (χ1v) is 6.95. The Morgan fingerprint density at radius 1 is 1.29 bits per heavy atom. The van der Waals surface area contributed by atoms with Gasteiger partial charge in [0.05, 0.1) is 27.9 Å². The van der Waals surface area contributed by atoms with Crippen molar-refractivity contribution < 1.29 is 15.0 Å². The molecule has 0 atom stereocenters. The van der Waals surface area contributed by atoms with Crippen LogP contribution in [0, 0.1) is 0 Å². The van der Waals surface area contributed by atoms with Crippen molar-refractivity contribution >= 4 is 34.9 Å². The van der Waals surface area contributed by atoms with Crippen LogP contribution in [0.1, 0.15) is 12.8 Å². The summed E-state index contributed by atoms with van der Waals surface area (Å²) in [5, 5.41) is 22.6. The molecule has 0 heterocycles. The van der Waals surface area contributed by atoms with Crippen LogP contribution in [-0.4, -0.2) is 16.2 Å². The van der Waals surface area contributed by atoms with E-state index in [-0.39, 0.29) is 12.2 Å². The summed E-state index contributed by atoms with van der Waals surface area (Å²) in [6.45, 7) is 0. The number of aliphatic hydroxyl groups excluding tert-OH is 1. The van der Waals surface area contributed by atoms with Gasteiger partial charge in [0, 0.05) is 12.1 Å². The summed E-state index contributed by atoms with van der Waals surface area (Å²) in [5.74, 6) is -0.890. The number of aliphatic carboxylic acids is 1. The molecule has 0 fully saturated rings. The maximum atomic E-state index is 11.0. The second-order valence-electron chi connectivity index (χ2n) is 4.47. The van der Waals surface area contributed by atoms with Gasteiger partial charge in [0.1, 0.15) is 0 Å². The number of carboxylic acids is 1. The molecule has 0 saturated carbocycles. The van der Waals surface area contributed by atoms with Gasteiger partial charge in [0.2, 0.25) is 0 Å². The highest BCUT2D eigenvalue weighted by molar-refractivity contribution is 6.39. The molecule has 1 aliphatic rings. The van der Waals surface area contributed by atoms with Crippen LogP contribution in [-0.2, 0) is 4.79 Å². The van der Waals surface area contributed by atoms with Gasteiger partial charge in [-0.25, -0.2) is 0 Å². The molecule has 21 heavy (non-hydrogen) atoms. The molecule has 6 heteroatoms. The third-order valence-corrected chi connectivity index (χ3v) is 3.49. The number of halogens is 2. The lowest BCUT2D eigenvalue weighted by atomic mass is 10.1. The Kier molecular flexibility index (Phi) is 4.94. The van der Waals surface area contributed by atoms with Gasteiger partial charge in [-0.3, -0.25) is 4.79 Å². The zero-order valence-electron chi connectivity index (χ0n) is 10.9. The molecule has 1 aromatic rings. The van der Waals surface area contributed by atoms with E-state index in [4.69, 9.17) is 28.3 Å². The summed E-state index contributed by atoms with van der Waals surface area (Å²) >= 11 is 12.2. The van der Waals surface area contributed by atoms with Crippen molar-refractivity contribution in [1.29, 1.82) is 0 Å². The summed E-state index contributed by atoms with van der Waals surface area (Å²) in [7, 11) is 0. The Bertz CT molecular complexity index is 643. The van der Waals surface area contributed by atoms with Gasteiger partial charge in [-0.2, -0.15) is 0 Å². The number of allylic oxidation sites excluding steroid dienone is 3. The minimum absolute atomic E-state index is 0.101. The predicted octanol–water partition coefficient (Wildman–Crippen LogP) is 4.54. The van der Waals surface area contributed by atoms with E-state index < -0.39 is 5.97 Å². The van der Waals surface area contributed by atoms with Gasteiger partial charge in [0.15, 0.2) is 0 Å². The Morgan fingerprint density at radius 2 is 1.95 bits per heavy atom. The summed E-state index contributed by atoms with van der Waals surface area (Å²) in [6.07, 6.45) is 5.00. The molecule has 0 spiro atoms. The van der Waals surface area contributed by atoms with Crippen molar-refractivity contribution in [3.8, 4) is 0 Å². The highest BCUT2D eigenvalue weighted by Gasteiger charge is 2.13. The van der Waals surface area contributed by atoms with E-state index in [1.807, 2.05) is 0 Å². The molecule has 0 saturated heterocycles. The third kappa shape index (κ3) is 4.03. The predicted molar refractivity (Wildman–Crippen MR) is 83.8 cm³/mol. The fourth-order valence-corrected chi connectivity index (χ4v) is 2.42.